The lowest BCUT2D eigenvalue weighted by atomic mass is 10.0. The first-order valence-electron chi connectivity index (χ1n) is 11.8. The number of urea groups is 1. The van der Waals surface area contributed by atoms with E-state index in [-0.39, 0.29) is 25.3 Å². The molecule has 1 aromatic heterocycles. The third-order valence-corrected chi connectivity index (χ3v) is 6.02. The average Bonchev–Trinajstić information content (AvgIpc) is 3.30. The van der Waals surface area contributed by atoms with Crippen LogP contribution in [0.1, 0.15) is 30.0 Å². The molecule has 1 aliphatic heterocycles. The Bertz CT molecular complexity index is 1270. The third-order valence-electron chi connectivity index (χ3n) is 6.02. The zero-order valence-electron chi connectivity index (χ0n) is 20.0. The number of carbonyl (C=O) groups is 4. The summed E-state index contributed by atoms with van der Waals surface area (Å²) in [6.45, 7) is 0.440. The van der Waals surface area contributed by atoms with Crippen molar-refractivity contribution in [3.8, 4) is 0 Å². The number of benzene rings is 2. The Balaban J connectivity index is 1.42. The van der Waals surface area contributed by atoms with Crippen molar-refractivity contribution in [2.24, 2.45) is 5.92 Å². The molecule has 2 heterocycles. The van der Waals surface area contributed by atoms with E-state index in [9.17, 15) is 24.3 Å². The number of pyridine rings is 1. The summed E-state index contributed by atoms with van der Waals surface area (Å²) in [5, 5.41) is 17.6. The van der Waals surface area contributed by atoms with Crippen molar-refractivity contribution < 1.29 is 24.3 Å². The molecule has 0 aliphatic carbocycles. The normalized spacial score (nSPS) is 15.6. The Hall–Kier alpha value is -4.73. The summed E-state index contributed by atoms with van der Waals surface area (Å²) in [7, 11) is 0. The summed E-state index contributed by atoms with van der Waals surface area (Å²) in [6.07, 6.45) is 2.72. The van der Waals surface area contributed by atoms with Gasteiger partial charge in [-0.05, 0) is 29.3 Å². The lowest BCUT2D eigenvalue weighted by Gasteiger charge is -2.22. The van der Waals surface area contributed by atoms with Crippen LogP contribution in [0.3, 0.4) is 0 Å². The lowest BCUT2D eigenvalue weighted by molar-refractivity contribution is -0.138. The molecule has 0 saturated carbocycles. The number of carboxylic acid groups (broad SMARTS) is 1. The number of carbonyl (C=O) groups excluding carboxylic acids is 3. The van der Waals surface area contributed by atoms with Gasteiger partial charge in [0.1, 0.15) is 0 Å². The highest BCUT2D eigenvalue weighted by Crippen LogP contribution is 2.32. The zero-order chi connectivity index (χ0) is 26.2. The van der Waals surface area contributed by atoms with E-state index in [0.29, 0.717) is 23.5 Å². The summed E-state index contributed by atoms with van der Waals surface area (Å²) in [4.78, 5) is 55.2. The van der Waals surface area contributed by atoms with Crippen LogP contribution in [-0.2, 0) is 20.9 Å². The Morgan fingerprint density at radius 3 is 2.51 bits per heavy atom. The molecule has 0 unspecified atom stereocenters. The van der Waals surface area contributed by atoms with E-state index < -0.39 is 29.9 Å². The molecule has 1 saturated heterocycles. The van der Waals surface area contributed by atoms with E-state index in [4.69, 9.17) is 0 Å². The van der Waals surface area contributed by atoms with Crippen LogP contribution in [0.25, 0.3) is 0 Å². The summed E-state index contributed by atoms with van der Waals surface area (Å²) < 4.78 is 0. The maximum Gasteiger partial charge on any atom is 0.319 e. The fourth-order valence-electron chi connectivity index (χ4n) is 4.17. The topological polar surface area (TPSA) is 141 Å². The highest BCUT2D eigenvalue weighted by atomic mass is 16.4. The number of hydrogen-bond donors (Lipinski definition) is 4. The van der Waals surface area contributed by atoms with Gasteiger partial charge in [-0.1, -0.05) is 48.5 Å². The SMILES string of the molecule is O=C(O)C[C@@H](NC(=O)[C@@H]1CC(=O)N(c2ccccc2NC(=O)NCc2ccccc2)C1)c1cccnc1. The van der Waals surface area contributed by atoms with Crippen LogP contribution >= 0.6 is 0 Å². The second-order valence-corrected chi connectivity index (χ2v) is 8.66. The predicted molar refractivity (Wildman–Crippen MR) is 137 cm³/mol. The van der Waals surface area contributed by atoms with Gasteiger partial charge in [0.2, 0.25) is 11.8 Å². The molecule has 4 rings (SSSR count). The molecule has 4 N–H and O–H groups in total. The van der Waals surface area contributed by atoms with Gasteiger partial charge in [-0.25, -0.2) is 4.79 Å². The molecule has 1 fully saturated rings. The largest absolute Gasteiger partial charge is 0.481 e. The molecule has 190 valence electrons. The highest BCUT2D eigenvalue weighted by molar-refractivity contribution is 6.04. The van der Waals surface area contributed by atoms with Crippen LogP contribution < -0.4 is 20.9 Å². The zero-order valence-corrected chi connectivity index (χ0v) is 20.0. The Kier molecular flexibility index (Phi) is 8.09. The molecule has 37 heavy (non-hydrogen) atoms. The second kappa shape index (κ2) is 11.8. The van der Waals surface area contributed by atoms with Crippen LogP contribution in [0, 0.1) is 5.92 Å². The lowest BCUT2D eigenvalue weighted by Crippen LogP contribution is -2.36. The molecule has 4 amide bonds. The number of carboxylic acids is 1. The molecule has 10 nitrogen and oxygen atoms in total. The van der Waals surface area contributed by atoms with Gasteiger partial charge in [0.25, 0.3) is 0 Å². The maximum atomic E-state index is 13.0. The summed E-state index contributed by atoms with van der Waals surface area (Å²) >= 11 is 0. The van der Waals surface area contributed by atoms with Crippen molar-refractivity contribution in [3.05, 3.63) is 90.3 Å². The molecule has 10 heteroatoms. The van der Waals surface area contributed by atoms with E-state index in [2.05, 4.69) is 20.9 Å². The number of amides is 4. The molecular formula is C27H27N5O5. The number of nitrogens with one attached hydrogen (secondary N) is 3. The maximum absolute atomic E-state index is 13.0. The monoisotopic (exact) mass is 501 g/mol. The fourth-order valence-corrected chi connectivity index (χ4v) is 4.17. The Labute approximate surface area is 213 Å². The van der Waals surface area contributed by atoms with Crippen molar-refractivity contribution in [1.82, 2.24) is 15.6 Å². The smallest absolute Gasteiger partial charge is 0.319 e. The minimum atomic E-state index is -1.07. The van der Waals surface area contributed by atoms with E-state index in [1.54, 1.807) is 42.6 Å². The number of nitrogens with zero attached hydrogens (tertiary/aromatic N) is 2. The van der Waals surface area contributed by atoms with Crippen molar-refractivity contribution in [2.45, 2.75) is 25.4 Å². The molecule has 3 aromatic rings. The molecule has 2 atom stereocenters. The van der Waals surface area contributed by atoms with Crippen molar-refractivity contribution in [3.63, 3.8) is 0 Å². The van der Waals surface area contributed by atoms with Crippen LogP contribution in [0.2, 0.25) is 0 Å². The van der Waals surface area contributed by atoms with Gasteiger partial charge in [-0.2, -0.15) is 0 Å². The first-order valence-corrected chi connectivity index (χ1v) is 11.8. The van der Waals surface area contributed by atoms with Gasteiger partial charge in [0.05, 0.1) is 29.8 Å². The van der Waals surface area contributed by atoms with Gasteiger partial charge in [-0.15, -0.1) is 0 Å². The van der Waals surface area contributed by atoms with E-state index >= 15 is 0 Å². The van der Waals surface area contributed by atoms with Crippen molar-refractivity contribution >= 4 is 35.2 Å². The first-order chi connectivity index (χ1) is 17.9. The molecule has 2 aromatic carbocycles. The Morgan fingerprint density at radius 2 is 1.78 bits per heavy atom. The van der Waals surface area contributed by atoms with Crippen LogP contribution in [-0.4, -0.2) is 40.5 Å². The van der Waals surface area contributed by atoms with Crippen molar-refractivity contribution in [1.29, 1.82) is 0 Å². The standard InChI is InChI=1S/C27H27N5O5/c33-24-13-20(26(36)30-22(14-25(34)35)19-9-6-12-28-16-19)17-32(24)23-11-5-4-10-21(23)31-27(37)29-15-18-7-2-1-3-8-18/h1-12,16,20,22H,13-15,17H2,(H,30,36)(H,34,35)(H2,29,31,37)/t20-,22-/m1/s1. The van der Waals surface area contributed by atoms with Crippen LogP contribution in [0.4, 0.5) is 16.2 Å². The molecule has 0 spiro atoms. The predicted octanol–water partition coefficient (Wildman–Crippen LogP) is 3.09. The molecule has 0 bridgehead atoms. The van der Waals surface area contributed by atoms with Gasteiger partial charge >= 0.3 is 12.0 Å². The molecule has 1 aliphatic rings. The average molecular weight is 502 g/mol. The fraction of sp³-hybridized carbons (Fsp3) is 0.222. The van der Waals surface area contributed by atoms with Crippen LogP contribution in [0.15, 0.2) is 79.1 Å². The highest BCUT2D eigenvalue weighted by Gasteiger charge is 2.37. The number of hydrogen-bond acceptors (Lipinski definition) is 5. The second-order valence-electron chi connectivity index (χ2n) is 8.66. The number of aromatic nitrogens is 1. The van der Waals surface area contributed by atoms with E-state index in [1.165, 1.54) is 11.1 Å². The summed E-state index contributed by atoms with van der Waals surface area (Å²) in [5.74, 6) is -2.43. The minimum absolute atomic E-state index is 0.0345. The molecule has 0 radical (unpaired) electrons. The van der Waals surface area contributed by atoms with E-state index in [0.717, 1.165) is 5.56 Å². The third kappa shape index (κ3) is 6.69. The number of aliphatic carboxylic acids is 1. The number of anilines is 2. The van der Waals surface area contributed by atoms with Gasteiger partial charge in [0.15, 0.2) is 0 Å². The minimum Gasteiger partial charge on any atom is -0.481 e. The number of rotatable bonds is 9. The van der Waals surface area contributed by atoms with Gasteiger partial charge < -0.3 is 26.0 Å². The van der Waals surface area contributed by atoms with Gasteiger partial charge in [0, 0.05) is 31.9 Å². The summed E-state index contributed by atoms with van der Waals surface area (Å²) in [5.41, 5.74) is 2.42. The Morgan fingerprint density at radius 1 is 1.03 bits per heavy atom. The molecular weight excluding hydrogens is 474 g/mol. The van der Waals surface area contributed by atoms with Gasteiger partial charge in [-0.3, -0.25) is 19.4 Å². The quantitative estimate of drug-likeness (QED) is 0.355. The first kappa shape index (κ1) is 25.4. The van der Waals surface area contributed by atoms with Crippen LogP contribution in [0.5, 0.6) is 0 Å². The number of para-hydroxylation sites is 2. The van der Waals surface area contributed by atoms with Crippen molar-refractivity contribution in [2.75, 3.05) is 16.8 Å². The summed E-state index contributed by atoms with van der Waals surface area (Å²) in [6, 6.07) is 18.5. The van der Waals surface area contributed by atoms with E-state index in [1.807, 2.05) is 30.3 Å².